The maximum atomic E-state index is 13.9. The van der Waals surface area contributed by atoms with E-state index in [0.29, 0.717) is 17.2 Å². The molecule has 1 fully saturated rings. The lowest BCUT2D eigenvalue weighted by molar-refractivity contribution is 0.457. The Labute approximate surface area is 114 Å². The molecule has 0 aromatic heterocycles. The van der Waals surface area contributed by atoms with Gasteiger partial charge in [0.15, 0.2) is 0 Å². The molecular formula is C16H23F2N. The van der Waals surface area contributed by atoms with Crippen molar-refractivity contribution in [3.8, 4) is 0 Å². The van der Waals surface area contributed by atoms with Crippen LogP contribution in [-0.2, 0) is 0 Å². The molecule has 1 atom stereocenters. The van der Waals surface area contributed by atoms with Gasteiger partial charge in [-0.3, -0.25) is 0 Å². The molecule has 1 aromatic rings. The highest BCUT2D eigenvalue weighted by atomic mass is 19.1. The highest BCUT2D eigenvalue weighted by Crippen LogP contribution is 2.63. The molecule has 1 aromatic carbocycles. The zero-order valence-electron chi connectivity index (χ0n) is 12.6. The largest absolute Gasteiger partial charge is 0.306 e. The summed E-state index contributed by atoms with van der Waals surface area (Å²) in [4.78, 5) is 0. The van der Waals surface area contributed by atoms with Gasteiger partial charge in [-0.25, -0.2) is 8.78 Å². The van der Waals surface area contributed by atoms with Crippen LogP contribution in [0, 0.1) is 29.4 Å². The van der Waals surface area contributed by atoms with Crippen molar-refractivity contribution in [2.75, 3.05) is 0 Å². The van der Waals surface area contributed by atoms with Gasteiger partial charge >= 0.3 is 0 Å². The molecule has 19 heavy (non-hydrogen) atoms. The molecule has 0 spiro atoms. The molecular weight excluding hydrogens is 244 g/mol. The molecule has 3 heteroatoms. The Morgan fingerprint density at radius 3 is 2.05 bits per heavy atom. The smallest absolute Gasteiger partial charge is 0.128 e. The van der Waals surface area contributed by atoms with Crippen molar-refractivity contribution in [3.63, 3.8) is 0 Å². The minimum absolute atomic E-state index is 0.182. The van der Waals surface area contributed by atoms with E-state index in [1.54, 1.807) is 6.92 Å². The van der Waals surface area contributed by atoms with Gasteiger partial charge in [-0.2, -0.15) is 0 Å². The molecule has 1 nitrogen and oxygen atoms in total. The molecule has 1 unspecified atom stereocenters. The van der Waals surface area contributed by atoms with E-state index >= 15 is 0 Å². The molecule has 0 amide bonds. The van der Waals surface area contributed by atoms with E-state index in [1.165, 1.54) is 12.1 Å². The van der Waals surface area contributed by atoms with E-state index in [4.69, 9.17) is 0 Å². The van der Waals surface area contributed by atoms with Crippen LogP contribution in [0.3, 0.4) is 0 Å². The molecule has 106 valence electrons. The molecule has 0 aliphatic heterocycles. The molecule has 2 rings (SSSR count). The van der Waals surface area contributed by atoms with E-state index in [2.05, 4.69) is 33.0 Å². The summed E-state index contributed by atoms with van der Waals surface area (Å²) in [6.45, 7) is 12.3. The topological polar surface area (TPSA) is 12.0 Å². The maximum Gasteiger partial charge on any atom is 0.128 e. The molecule has 1 saturated carbocycles. The van der Waals surface area contributed by atoms with Gasteiger partial charge in [0.1, 0.15) is 11.6 Å². The lowest BCUT2D eigenvalue weighted by Crippen LogP contribution is -2.26. The standard InChI is InChI=1S/C16H23F2N/c1-9-7-13(18)11(8-12(9)17)10(2)19-14-15(3,4)16(14,5)6/h7-8,10,14,19H,1-6H3. The number of halogens is 2. The van der Waals surface area contributed by atoms with Gasteiger partial charge < -0.3 is 5.32 Å². The fraction of sp³-hybridized carbons (Fsp3) is 0.625. The highest BCUT2D eigenvalue weighted by molar-refractivity contribution is 5.28. The van der Waals surface area contributed by atoms with E-state index in [0.717, 1.165) is 0 Å². The molecule has 1 N–H and O–H groups in total. The summed E-state index contributed by atoms with van der Waals surface area (Å²) < 4.78 is 27.5. The van der Waals surface area contributed by atoms with Crippen LogP contribution in [0.2, 0.25) is 0 Å². The minimum Gasteiger partial charge on any atom is -0.306 e. The summed E-state index contributed by atoms with van der Waals surface area (Å²) in [5.41, 5.74) is 1.12. The van der Waals surface area contributed by atoms with Gasteiger partial charge in [-0.15, -0.1) is 0 Å². The van der Waals surface area contributed by atoms with Crippen molar-refractivity contribution >= 4 is 0 Å². The zero-order valence-corrected chi connectivity index (χ0v) is 12.6. The average molecular weight is 267 g/mol. The third kappa shape index (κ3) is 2.18. The summed E-state index contributed by atoms with van der Waals surface area (Å²) in [5.74, 6) is -0.686. The first-order valence-electron chi connectivity index (χ1n) is 6.80. The second-order valence-electron chi connectivity index (χ2n) is 6.89. The summed E-state index contributed by atoms with van der Waals surface area (Å²) >= 11 is 0. The van der Waals surface area contributed by atoms with Gasteiger partial charge in [0.05, 0.1) is 0 Å². The molecule has 0 heterocycles. The third-order valence-electron chi connectivity index (χ3n) is 5.18. The number of hydrogen-bond donors (Lipinski definition) is 1. The second kappa shape index (κ2) is 4.27. The van der Waals surface area contributed by atoms with Crippen LogP contribution >= 0.6 is 0 Å². The SMILES string of the molecule is Cc1cc(F)c(C(C)NC2C(C)(C)C2(C)C)cc1F. The van der Waals surface area contributed by atoms with Crippen LogP contribution in [0.1, 0.15) is 51.8 Å². The van der Waals surface area contributed by atoms with Crippen LogP contribution in [-0.4, -0.2) is 6.04 Å². The van der Waals surface area contributed by atoms with Crippen molar-refractivity contribution in [3.05, 3.63) is 34.9 Å². The highest BCUT2D eigenvalue weighted by Gasteiger charge is 2.64. The van der Waals surface area contributed by atoms with Crippen molar-refractivity contribution in [2.24, 2.45) is 10.8 Å². The van der Waals surface area contributed by atoms with E-state index in [1.807, 2.05) is 6.92 Å². The summed E-state index contributed by atoms with van der Waals surface area (Å²) in [6.07, 6.45) is 0. The number of aryl methyl sites for hydroxylation is 1. The van der Waals surface area contributed by atoms with Crippen LogP contribution in [0.5, 0.6) is 0 Å². The fourth-order valence-electron chi connectivity index (χ4n) is 2.95. The van der Waals surface area contributed by atoms with Gasteiger partial charge in [0, 0.05) is 17.6 Å². The predicted octanol–water partition coefficient (Wildman–Crippen LogP) is 4.36. The van der Waals surface area contributed by atoms with E-state index in [9.17, 15) is 8.78 Å². The summed E-state index contributed by atoms with van der Waals surface area (Å²) in [5, 5.41) is 3.43. The van der Waals surface area contributed by atoms with Gasteiger partial charge in [0.25, 0.3) is 0 Å². The molecule has 0 radical (unpaired) electrons. The Bertz CT molecular complexity index is 492. The summed E-state index contributed by atoms with van der Waals surface area (Å²) in [7, 11) is 0. The van der Waals surface area contributed by atoms with Crippen LogP contribution in [0.4, 0.5) is 8.78 Å². The number of nitrogens with one attached hydrogen (secondary N) is 1. The normalized spacial score (nSPS) is 22.3. The quantitative estimate of drug-likeness (QED) is 0.858. The number of hydrogen-bond acceptors (Lipinski definition) is 1. The van der Waals surface area contributed by atoms with E-state index < -0.39 is 0 Å². The van der Waals surface area contributed by atoms with Crippen LogP contribution < -0.4 is 5.32 Å². The summed E-state index contributed by atoms with van der Waals surface area (Å²) in [6, 6.07) is 2.71. The number of rotatable bonds is 3. The Balaban J connectivity index is 2.18. The van der Waals surface area contributed by atoms with Crippen molar-refractivity contribution in [1.29, 1.82) is 0 Å². The molecule has 0 saturated heterocycles. The predicted molar refractivity (Wildman–Crippen MR) is 74.0 cm³/mol. The lowest BCUT2D eigenvalue weighted by atomic mass is 10.0. The van der Waals surface area contributed by atoms with Gasteiger partial charge in [-0.1, -0.05) is 27.7 Å². The van der Waals surface area contributed by atoms with Gasteiger partial charge in [-0.05, 0) is 42.4 Å². The Hall–Kier alpha value is -0.960. The Kier molecular flexibility index (Phi) is 3.25. The van der Waals surface area contributed by atoms with Gasteiger partial charge in [0.2, 0.25) is 0 Å². The van der Waals surface area contributed by atoms with Crippen LogP contribution in [0.25, 0.3) is 0 Å². The monoisotopic (exact) mass is 267 g/mol. The zero-order chi connectivity index (χ0) is 14.6. The number of benzene rings is 1. The first-order chi connectivity index (χ1) is 8.59. The third-order valence-corrected chi connectivity index (χ3v) is 5.18. The first-order valence-corrected chi connectivity index (χ1v) is 6.80. The molecule has 0 bridgehead atoms. The lowest BCUT2D eigenvalue weighted by Gasteiger charge is -2.17. The van der Waals surface area contributed by atoms with Crippen molar-refractivity contribution in [2.45, 2.75) is 53.6 Å². The van der Waals surface area contributed by atoms with Crippen molar-refractivity contribution < 1.29 is 8.78 Å². The second-order valence-corrected chi connectivity index (χ2v) is 6.89. The van der Waals surface area contributed by atoms with E-state index in [-0.39, 0.29) is 28.5 Å². The fourth-order valence-corrected chi connectivity index (χ4v) is 2.95. The minimum atomic E-state index is -0.348. The first kappa shape index (κ1) is 14.4. The Morgan fingerprint density at radius 2 is 1.58 bits per heavy atom. The van der Waals surface area contributed by atoms with Crippen LogP contribution in [0.15, 0.2) is 12.1 Å². The molecule has 1 aliphatic rings. The Morgan fingerprint density at radius 1 is 1.05 bits per heavy atom. The average Bonchev–Trinajstić information content (AvgIpc) is 2.66. The van der Waals surface area contributed by atoms with Crippen molar-refractivity contribution in [1.82, 2.24) is 5.32 Å². The maximum absolute atomic E-state index is 13.9. The molecule has 1 aliphatic carbocycles.